The Balaban J connectivity index is 1.67. The van der Waals surface area contributed by atoms with Crippen molar-refractivity contribution in [2.24, 2.45) is 0 Å². The van der Waals surface area contributed by atoms with Crippen LogP contribution in [0.15, 0.2) is 36.7 Å². The van der Waals surface area contributed by atoms with Crippen molar-refractivity contribution in [3.05, 3.63) is 42.4 Å². The van der Waals surface area contributed by atoms with Crippen LogP contribution < -0.4 is 15.1 Å². The number of aromatic nitrogens is 2. The molecule has 2 aromatic rings. The number of benzene rings is 1. The summed E-state index contributed by atoms with van der Waals surface area (Å²) in [5.74, 6) is 0.413. The van der Waals surface area contributed by atoms with Crippen molar-refractivity contribution in [1.82, 2.24) is 14.9 Å². The first-order valence-electron chi connectivity index (χ1n) is 8.42. The number of nitrogens with zero attached hydrogens (tertiary/aromatic N) is 5. The normalized spacial score (nSPS) is 14.1. The Labute approximate surface area is 152 Å². The number of carbonyl (C=O) groups excluding carboxylic acids is 2. The summed E-state index contributed by atoms with van der Waals surface area (Å²) in [6.45, 7) is 2.66. The summed E-state index contributed by atoms with van der Waals surface area (Å²) in [5.41, 5.74) is 2.08. The van der Waals surface area contributed by atoms with E-state index >= 15 is 0 Å². The molecule has 0 atom stereocenters. The van der Waals surface area contributed by atoms with Gasteiger partial charge in [0.05, 0.1) is 0 Å². The average molecular weight is 354 g/mol. The molecule has 0 aliphatic carbocycles. The lowest BCUT2D eigenvalue weighted by molar-refractivity contribution is -0.118. The molecule has 1 fully saturated rings. The van der Waals surface area contributed by atoms with Gasteiger partial charge in [-0.1, -0.05) is 0 Å². The molecule has 8 heteroatoms. The van der Waals surface area contributed by atoms with E-state index in [1.807, 2.05) is 48.2 Å². The van der Waals surface area contributed by atoms with E-state index in [-0.39, 0.29) is 5.91 Å². The number of piperazine rings is 1. The highest BCUT2D eigenvalue weighted by Gasteiger charge is 2.18. The standard InChI is InChI=1S/C18H22N6O2/c1-22(2)15-5-3-14(4-6-15)21-18(26)16-11-17(20-12-19-16)24-9-7-23(13-25)8-10-24/h3-6,11-13H,7-10H2,1-2H3,(H,21,26). The van der Waals surface area contributed by atoms with E-state index < -0.39 is 0 Å². The molecule has 1 aromatic heterocycles. The molecule has 0 radical (unpaired) electrons. The molecule has 3 rings (SSSR count). The topological polar surface area (TPSA) is 81.7 Å². The monoisotopic (exact) mass is 354 g/mol. The van der Waals surface area contributed by atoms with Gasteiger partial charge < -0.3 is 20.0 Å². The largest absolute Gasteiger partial charge is 0.378 e. The lowest BCUT2D eigenvalue weighted by atomic mass is 10.2. The average Bonchev–Trinajstić information content (AvgIpc) is 2.68. The van der Waals surface area contributed by atoms with Crippen LogP contribution >= 0.6 is 0 Å². The summed E-state index contributed by atoms with van der Waals surface area (Å²) in [6.07, 6.45) is 2.25. The van der Waals surface area contributed by atoms with E-state index in [0.29, 0.717) is 43.4 Å². The number of carbonyl (C=O) groups is 2. The fourth-order valence-corrected chi connectivity index (χ4v) is 2.74. The first-order valence-corrected chi connectivity index (χ1v) is 8.42. The maximum Gasteiger partial charge on any atom is 0.274 e. The molecule has 8 nitrogen and oxygen atoms in total. The molecule has 0 unspecified atom stereocenters. The third-order valence-electron chi connectivity index (χ3n) is 4.31. The zero-order chi connectivity index (χ0) is 18.5. The molecule has 1 aliphatic heterocycles. The lowest BCUT2D eigenvalue weighted by Crippen LogP contribution is -2.46. The molecule has 2 heterocycles. The SMILES string of the molecule is CN(C)c1ccc(NC(=O)c2cc(N3CCN(C=O)CC3)ncn2)cc1. The van der Waals surface area contributed by atoms with Gasteiger partial charge in [-0.3, -0.25) is 9.59 Å². The molecular weight excluding hydrogens is 332 g/mol. The minimum absolute atomic E-state index is 0.280. The van der Waals surface area contributed by atoms with Gasteiger partial charge in [0.25, 0.3) is 5.91 Å². The molecule has 136 valence electrons. The van der Waals surface area contributed by atoms with Gasteiger partial charge >= 0.3 is 0 Å². The van der Waals surface area contributed by atoms with E-state index in [4.69, 9.17) is 0 Å². The van der Waals surface area contributed by atoms with Gasteiger partial charge in [0.15, 0.2) is 0 Å². The van der Waals surface area contributed by atoms with Crippen LogP contribution in [0.2, 0.25) is 0 Å². The van der Waals surface area contributed by atoms with E-state index in [2.05, 4.69) is 15.3 Å². The van der Waals surface area contributed by atoms with Crippen molar-refractivity contribution in [1.29, 1.82) is 0 Å². The van der Waals surface area contributed by atoms with Crippen molar-refractivity contribution in [2.75, 3.05) is 55.4 Å². The van der Waals surface area contributed by atoms with Gasteiger partial charge in [0, 0.05) is 57.7 Å². The summed E-state index contributed by atoms with van der Waals surface area (Å²) < 4.78 is 0. The number of amides is 2. The molecule has 1 aliphatic rings. The Hall–Kier alpha value is -3.16. The summed E-state index contributed by atoms with van der Waals surface area (Å²) in [4.78, 5) is 37.4. The Bertz CT molecular complexity index is 770. The second-order valence-corrected chi connectivity index (χ2v) is 6.29. The number of hydrogen-bond acceptors (Lipinski definition) is 6. The van der Waals surface area contributed by atoms with Gasteiger partial charge in [-0.15, -0.1) is 0 Å². The predicted molar refractivity (Wildman–Crippen MR) is 101 cm³/mol. The molecule has 0 saturated carbocycles. The van der Waals surface area contributed by atoms with Crippen LogP contribution in [-0.2, 0) is 4.79 Å². The zero-order valence-corrected chi connectivity index (χ0v) is 14.9. The van der Waals surface area contributed by atoms with Gasteiger partial charge in [0.1, 0.15) is 17.8 Å². The van der Waals surface area contributed by atoms with Crippen molar-refractivity contribution >= 4 is 29.5 Å². The van der Waals surface area contributed by atoms with Crippen LogP contribution in [0.25, 0.3) is 0 Å². The lowest BCUT2D eigenvalue weighted by Gasteiger charge is -2.33. The number of hydrogen-bond donors (Lipinski definition) is 1. The van der Waals surface area contributed by atoms with Gasteiger partial charge in [-0.2, -0.15) is 0 Å². The number of anilines is 3. The molecule has 1 saturated heterocycles. The van der Waals surface area contributed by atoms with E-state index in [0.717, 1.165) is 12.1 Å². The fourth-order valence-electron chi connectivity index (χ4n) is 2.74. The van der Waals surface area contributed by atoms with Crippen LogP contribution in [0, 0.1) is 0 Å². The van der Waals surface area contributed by atoms with Crippen LogP contribution in [0.5, 0.6) is 0 Å². The van der Waals surface area contributed by atoms with Crippen molar-refractivity contribution in [3.8, 4) is 0 Å². The molecule has 2 amide bonds. The third-order valence-corrected chi connectivity index (χ3v) is 4.31. The maximum absolute atomic E-state index is 12.5. The quantitative estimate of drug-likeness (QED) is 0.809. The molecule has 0 spiro atoms. The van der Waals surface area contributed by atoms with Gasteiger partial charge in [0.2, 0.25) is 6.41 Å². The predicted octanol–water partition coefficient (Wildman–Crippen LogP) is 1.07. The first-order chi connectivity index (χ1) is 12.6. The van der Waals surface area contributed by atoms with Crippen LogP contribution in [0.3, 0.4) is 0 Å². The Morgan fingerprint density at radius 1 is 1.12 bits per heavy atom. The van der Waals surface area contributed by atoms with E-state index in [9.17, 15) is 9.59 Å². The minimum atomic E-state index is -0.280. The zero-order valence-electron chi connectivity index (χ0n) is 14.9. The minimum Gasteiger partial charge on any atom is -0.378 e. The van der Waals surface area contributed by atoms with Crippen molar-refractivity contribution in [3.63, 3.8) is 0 Å². The summed E-state index contributed by atoms with van der Waals surface area (Å²) in [6, 6.07) is 9.27. The van der Waals surface area contributed by atoms with Crippen LogP contribution in [-0.4, -0.2) is 67.5 Å². The van der Waals surface area contributed by atoms with Crippen LogP contribution in [0.4, 0.5) is 17.2 Å². The van der Waals surface area contributed by atoms with Crippen molar-refractivity contribution < 1.29 is 9.59 Å². The summed E-state index contributed by atoms with van der Waals surface area (Å²) in [5, 5.41) is 2.85. The highest BCUT2D eigenvalue weighted by atomic mass is 16.2. The van der Waals surface area contributed by atoms with Gasteiger partial charge in [-0.05, 0) is 24.3 Å². The first kappa shape index (κ1) is 17.7. The van der Waals surface area contributed by atoms with E-state index in [1.54, 1.807) is 11.0 Å². The van der Waals surface area contributed by atoms with Gasteiger partial charge in [-0.25, -0.2) is 9.97 Å². The Morgan fingerprint density at radius 2 is 1.81 bits per heavy atom. The molecule has 26 heavy (non-hydrogen) atoms. The second-order valence-electron chi connectivity index (χ2n) is 6.29. The van der Waals surface area contributed by atoms with E-state index in [1.165, 1.54) is 6.33 Å². The molecule has 0 bridgehead atoms. The Kier molecular flexibility index (Phi) is 5.31. The highest BCUT2D eigenvalue weighted by Crippen LogP contribution is 2.17. The highest BCUT2D eigenvalue weighted by molar-refractivity contribution is 6.03. The number of nitrogens with one attached hydrogen (secondary N) is 1. The smallest absolute Gasteiger partial charge is 0.274 e. The summed E-state index contributed by atoms with van der Waals surface area (Å²) in [7, 11) is 3.93. The van der Waals surface area contributed by atoms with Crippen molar-refractivity contribution in [2.45, 2.75) is 0 Å². The molecular formula is C18H22N6O2. The third kappa shape index (κ3) is 4.08. The Morgan fingerprint density at radius 3 is 2.42 bits per heavy atom. The molecule has 1 N–H and O–H groups in total. The molecule has 1 aromatic carbocycles. The summed E-state index contributed by atoms with van der Waals surface area (Å²) >= 11 is 0. The fraction of sp³-hybridized carbons (Fsp3) is 0.333. The van der Waals surface area contributed by atoms with Crippen LogP contribution in [0.1, 0.15) is 10.5 Å². The maximum atomic E-state index is 12.5. The number of rotatable bonds is 5. The second kappa shape index (κ2) is 7.81.